The third-order valence-corrected chi connectivity index (χ3v) is 5.97. The number of benzene rings is 1. The third-order valence-electron chi connectivity index (χ3n) is 5.65. The summed E-state index contributed by atoms with van der Waals surface area (Å²) in [7, 11) is 0. The van der Waals surface area contributed by atoms with Crippen LogP contribution in [-0.2, 0) is 4.74 Å². The van der Waals surface area contributed by atoms with Crippen molar-refractivity contribution in [2.75, 3.05) is 36.1 Å². The lowest BCUT2D eigenvalue weighted by Gasteiger charge is -2.30. The molecule has 0 saturated carbocycles. The van der Waals surface area contributed by atoms with Crippen molar-refractivity contribution in [1.82, 2.24) is 10.3 Å². The van der Waals surface area contributed by atoms with E-state index in [1.165, 1.54) is 5.69 Å². The number of morpholine rings is 1. The molecule has 2 aliphatic heterocycles. The lowest BCUT2D eigenvalue weighted by Crippen LogP contribution is -2.36. The molecule has 0 radical (unpaired) electrons. The Kier molecular flexibility index (Phi) is 5.14. The maximum absolute atomic E-state index is 6.05. The fourth-order valence-electron chi connectivity index (χ4n) is 4.18. The third kappa shape index (κ3) is 3.55. The van der Waals surface area contributed by atoms with Gasteiger partial charge in [-0.3, -0.25) is 4.98 Å². The van der Waals surface area contributed by atoms with Crippen LogP contribution < -0.4 is 15.1 Å². The van der Waals surface area contributed by atoms with E-state index < -0.39 is 0 Å². The van der Waals surface area contributed by atoms with Crippen LogP contribution in [0.5, 0.6) is 0 Å². The number of hydrogen-bond donors (Lipinski definition) is 1. The van der Waals surface area contributed by atoms with Crippen molar-refractivity contribution in [2.24, 2.45) is 0 Å². The summed E-state index contributed by atoms with van der Waals surface area (Å²) in [6.07, 6.45) is 1.81. The molecule has 1 N–H and O–H groups in total. The molecule has 4 heterocycles. The predicted octanol–water partition coefficient (Wildman–Crippen LogP) is 4.00. The fourth-order valence-corrected chi connectivity index (χ4v) is 4.53. The number of ether oxygens (including phenoxy) is 1. The first-order chi connectivity index (χ1) is 14.7. The van der Waals surface area contributed by atoms with Crippen molar-refractivity contribution in [1.29, 1.82) is 0 Å². The predicted molar refractivity (Wildman–Crippen MR) is 121 cm³/mol. The normalized spacial score (nSPS) is 21.7. The summed E-state index contributed by atoms with van der Waals surface area (Å²) in [5, 5.41) is 4.13. The summed E-state index contributed by atoms with van der Waals surface area (Å²) in [6.45, 7) is 5.33. The lowest BCUT2D eigenvalue weighted by molar-refractivity contribution is 0.122. The van der Waals surface area contributed by atoms with Gasteiger partial charge in [-0.25, -0.2) is 0 Å². The zero-order valence-corrected chi connectivity index (χ0v) is 17.6. The smallest absolute Gasteiger partial charge is 0.174 e. The van der Waals surface area contributed by atoms with Crippen LogP contribution in [0.3, 0.4) is 0 Å². The van der Waals surface area contributed by atoms with Crippen LogP contribution >= 0.6 is 12.2 Å². The number of aromatic nitrogens is 1. The van der Waals surface area contributed by atoms with Crippen molar-refractivity contribution >= 4 is 28.7 Å². The van der Waals surface area contributed by atoms with Gasteiger partial charge in [-0.15, -0.1) is 0 Å². The van der Waals surface area contributed by atoms with E-state index in [2.05, 4.69) is 44.4 Å². The van der Waals surface area contributed by atoms with E-state index in [0.29, 0.717) is 5.11 Å². The Labute approximate surface area is 181 Å². The summed E-state index contributed by atoms with van der Waals surface area (Å²) >= 11 is 5.76. The Morgan fingerprint density at radius 2 is 1.77 bits per heavy atom. The summed E-state index contributed by atoms with van der Waals surface area (Å²) in [5.41, 5.74) is 3.17. The zero-order valence-electron chi connectivity index (χ0n) is 16.8. The topological polar surface area (TPSA) is 53.8 Å². The average molecular weight is 421 g/mol. The van der Waals surface area contributed by atoms with E-state index in [-0.39, 0.29) is 12.1 Å². The number of nitrogens with one attached hydrogen (secondary N) is 1. The molecule has 2 aliphatic rings. The van der Waals surface area contributed by atoms with Gasteiger partial charge in [-0.05, 0) is 67.7 Å². The van der Waals surface area contributed by atoms with Crippen molar-refractivity contribution in [2.45, 2.75) is 19.0 Å². The second kappa shape index (κ2) is 8.08. The van der Waals surface area contributed by atoms with Crippen LogP contribution in [0.1, 0.15) is 29.3 Å². The molecule has 2 fully saturated rings. The number of thiocarbonyl (C=S) groups is 1. The molecule has 0 amide bonds. The van der Waals surface area contributed by atoms with E-state index in [9.17, 15) is 0 Å². The molecule has 6 nitrogen and oxygen atoms in total. The molecule has 3 aromatic rings. The van der Waals surface area contributed by atoms with E-state index in [1.54, 1.807) is 0 Å². The Morgan fingerprint density at radius 1 is 1.00 bits per heavy atom. The Hall–Kier alpha value is -2.90. The maximum atomic E-state index is 6.05. The monoisotopic (exact) mass is 420 g/mol. The zero-order chi connectivity index (χ0) is 20.5. The minimum Gasteiger partial charge on any atom is -0.464 e. The highest BCUT2D eigenvalue weighted by molar-refractivity contribution is 7.80. The second-order valence-electron chi connectivity index (χ2n) is 7.56. The van der Waals surface area contributed by atoms with E-state index >= 15 is 0 Å². The van der Waals surface area contributed by atoms with Gasteiger partial charge in [0.05, 0.1) is 24.9 Å². The van der Waals surface area contributed by atoms with E-state index in [4.69, 9.17) is 21.4 Å². The summed E-state index contributed by atoms with van der Waals surface area (Å²) in [6, 6.07) is 18.3. The molecule has 2 aromatic heterocycles. The van der Waals surface area contributed by atoms with Gasteiger partial charge in [-0.1, -0.05) is 6.07 Å². The van der Waals surface area contributed by atoms with Crippen LogP contribution in [0.15, 0.2) is 65.2 Å². The highest BCUT2D eigenvalue weighted by atomic mass is 32.1. The van der Waals surface area contributed by atoms with E-state index in [1.807, 2.05) is 43.5 Å². The van der Waals surface area contributed by atoms with Crippen LogP contribution in [0.4, 0.5) is 11.4 Å². The van der Waals surface area contributed by atoms with Crippen LogP contribution in [0, 0.1) is 6.92 Å². The molecule has 7 heteroatoms. The molecule has 0 bridgehead atoms. The molecule has 1 aromatic carbocycles. The standard InChI is InChI=1S/C23H24N4O2S/c1-16-5-10-20(29-16)22-21(19-4-2-3-11-24-19)25-23(30)27(22)18-8-6-17(7-9-18)26-12-14-28-15-13-26/h2-11,21-22H,12-15H2,1H3,(H,25,30)/t21-,22-/m1/s1. The average Bonchev–Trinajstić information content (AvgIpc) is 3.38. The maximum Gasteiger partial charge on any atom is 0.174 e. The van der Waals surface area contributed by atoms with Gasteiger partial charge >= 0.3 is 0 Å². The Morgan fingerprint density at radius 3 is 2.43 bits per heavy atom. The number of furan rings is 1. The molecule has 2 atom stereocenters. The van der Waals surface area contributed by atoms with E-state index in [0.717, 1.165) is 49.2 Å². The van der Waals surface area contributed by atoms with Crippen molar-refractivity contribution in [3.05, 3.63) is 78.0 Å². The minimum atomic E-state index is -0.115. The number of rotatable bonds is 4. The Bertz CT molecular complexity index is 1020. The Balaban J connectivity index is 1.50. The van der Waals surface area contributed by atoms with Crippen molar-refractivity contribution in [3.63, 3.8) is 0 Å². The van der Waals surface area contributed by atoms with Crippen LogP contribution in [-0.4, -0.2) is 36.4 Å². The number of pyridine rings is 1. The van der Waals surface area contributed by atoms with Gasteiger partial charge in [0.2, 0.25) is 0 Å². The fraction of sp³-hybridized carbons (Fsp3) is 0.304. The highest BCUT2D eigenvalue weighted by Gasteiger charge is 2.42. The van der Waals surface area contributed by atoms with Crippen LogP contribution in [0.25, 0.3) is 0 Å². The summed E-state index contributed by atoms with van der Waals surface area (Å²) < 4.78 is 11.5. The molecule has 0 aliphatic carbocycles. The summed E-state index contributed by atoms with van der Waals surface area (Å²) in [4.78, 5) is 9.05. The van der Waals surface area contributed by atoms with Crippen molar-refractivity contribution in [3.8, 4) is 0 Å². The molecule has 154 valence electrons. The summed E-state index contributed by atoms with van der Waals surface area (Å²) in [5.74, 6) is 1.75. The lowest BCUT2D eigenvalue weighted by atomic mass is 10.0. The molecular weight excluding hydrogens is 396 g/mol. The number of nitrogens with zero attached hydrogens (tertiary/aromatic N) is 3. The van der Waals surface area contributed by atoms with Gasteiger partial charge in [0.15, 0.2) is 5.11 Å². The van der Waals surface area contributed by atoms with Gasteiger partial charge in [0, 0.05) is 30.7 Å². The van der Waals surface area contributed by atoms with Gasteiger partial charge in [0.25, 0.3) is 0 Å². The quantitative estimate of drug-likeness (QED) is 0.641. The first-order valence-electron chi connectivity index (χ1n) is 10.2. The van der Waals surface area contributed by atoms with Gasteiger partial charge in [-0.2, -0.15) is 0 Å². The number of anilines is 2. The molecule has 0 unspecified atom stereocenters. The molecule has 30 heavy (non-hydrogen) atoms. The second-order valence-corrected chi connectivity index (χ2v) is 7.95. The number of aryl methyl sites for hydroxylation is 1. The molecular formula is C23H24N4O2S. The SMILES string of the molecule is Cc1ccc([C@@H]2[C@@H](c3ccccn3)NC(=S)N2c2ccc(N3CCOCC3)cc2)o1. The number of hydrogen-bond acceptors (Lipinski definition) is 5. The van der Waals surface area contributed by atoms with Gasteiger partial charge in [0.1, 0.15) is 17.6 Å². The first kappa shape index (κ1) is 19.1. The largest absolute Gasteiger partial charge is 0.464 e. The molecule has 2 saturated heterocycles. The van der Waals surface area contributed by atoms with Crippen molar-refractivity contribution < 1.29 is 9.15 Å². The van der Waals surface area contributed by atoms with Crippen LogP contribution in [0.2, 0.25) is 0 Å². The molecule has 5 rings (SSSR count). The molecule has 0 spiro atoms. The van der Waals surface area contributed by atoms with Gasteiger partial charge < -0.3 is 24.3 Å². The first-order valence-corrected chi connectivity index (χ1v) is 10.6. The minimum absolute atomic E-state index is 0.0943. The highest BCUT2D eigenvalue weighted by Crippen LogP contribution is 2.42.